The Kier molecular flexibility index (Phi) is 6.14. The maximum atomic E-state index is 12.2. The second kappa shape index (κ2) is 7.42. The van der Waals surface area contributed by atoms with E-state index in [-0.39, 0.29) is 12.0 Å². The van der Waals surface area contributed by atoms with E-state index in [0.29, 0.717) is 6.42 Å². The van der Waals surface area contributed by atoms with Gasteiger partial charge in [0.25, 0.3) is 0 Å². The number of ether oxygens (including phenoxy) is 3. The summed E-state index contributed by atoms with van der Waals surface area (Å²) in [5, 5.41) is 0. The van der Waals surface area contributed by atoms with E-state index in [9.17, 15) is 14.4 Å². The minimum atomic E-state index is -0.887. The van der Waals surface area contributed by atoms with E-state index in [4.69, 9.17) is 9.47 Å². The van der Waals surface area contributed by atoms with E-state index in [0.717, 1.165) is 5.57 Å². The molecule has 6 nitrogen and oxygen atoms in total. The topological polar surface area (TPSA) is 78.9 Å². The Morgan fingerprint density at radius 2 is 2.00 bits per heavy atom. The Bertz CT molecular complexity index is 468. The molecule has 0 aliphatic carbocycles. The summed E-state index contributed by atoms with van der Waals surface area (Å²) in [6, 6.07) is 0. The molecule has 6 heteroatoms. The maximum Gasteiger partial charge on any atom is 0.347 e. The highest BCUT2D eigenvalue weighted by molar-refractivity contribution is 5.83. The second-order valence-corrected chi connectivity index (χ2v) is 6.63. The highest BCUT2D eigenvalue weighted by Crippen LogP contribution is 2.29. The predicted octanol–water partition coefficient (Wildman–Crippen LogP) is 2.02. The van der Waals surface area contributed by atoms with Gasteiger partial charge in [-0.25, -0.2) is 9.59 Å². The number of cyclic esters (lactones) is 1. The third-order valence-electron chi connectivity index (χ3n) is 3.18. The first-order chi connectivity index (χ1) is 10.1. The summed E-state index contributed by atoms with van der Waals surface area (Å²) in [4.78, 5) is 35.0. The van der Waals surface area contributed by atoms with Gasteiger partial charge in [0.05, 0.1) is 12.5 Å². The lowest BCUT2D eigenvalue weighted by Crippen LogP contribution is -2.32. The van der Waals surface area contributed by atoms with Gasteiger partial charge in [0.1, 0.15) is 0 Å². The van der Waals surface area contributed by atoms with Crippen molar-refractivity contribution in [3.8, 4) is 0 Å². The Labute approximate surface area is 130 Å². The highest BCUT2D eigenvalue weighted by Gasteiger charge is 2.33. The summed E-state index contributed by atoms with van der Waals surface area (Å²) in [5.41, 5.74) is 0.668. The van der Waals surface area contributed by atoms with Gasteiger partial charge >= 0.3 is 17.9 Å². The van der Waals surface area contributed by atoms with Crippen molar-refractivity contribution < 1.29 is 28.6 Å². The van der Waals surface area contributed by atoms with Crippen LogP contribution in [0.5, 0.6) is 0 Å². The number of allylic oxidation sites excluding steroid dienone is 1. The third-order valence-corrected chi connectivity index (χ3v) is 3.18. The van der Waals surface area contributed by atoms with Crippen LogP contribution in [0.25, 0.3) is 0 Å². The molecule has 0 N–H and O–H groups in total. The molecule has 1 aliphatic heterocycles. The monoisotopic (exact) mass is 312 g/mol. The fourth-order valence-electron chi connectivity index (χ4n) is 2.00. The summed E-state index contributed by atoms with van der Waals surface area (Å²) in [6.45, 7) is 9.29. The first-order valence-corrected chi connectivity index (χ1v) is 7.29. The molecule has 1 saturated heterocycles. The van der Waals surface area contributed by atoms with Gasteiger partial charge < -0.3 is 14.2 Å². The molecular weight excluding hydrogens is 288 g/mol. The van der Waals surface area contributed by atoms with E-state index in [2.05, 4.69) is 4.74 Å². The standard InChI is InChI=1S/C16H24O6/c1-10(2)8-11(16(3,4)5)14(18)21-9-13(17)22-12-6-7-20-15(12)19/h8,11-12H,6-7,9H2,1-5H3. The fraction of sp³-hybridized carbons (Fsp3) is 0.688. The molecule has 1 aliphatic rings. The number of carbonyl (C=O) groups excluding carboxylic acids is 3. The number of rotatable bonds is 5. The van der Waals surface area contributed by atoms with Crippen LogP contribution in [0.3, 0.4) is 0 Å². The van der Waals surface area contributed by atoms with Crippen molar-refractivity contribution in [1.82, 2.24) is 0 Å². The van der Waals surface area contributed by atoms with Crippen molar-refractivity contribution in [3.05, 3.63) is 11.6 Å². The summed E-state index contributed by atoms with van der Waals surface area (Å²) in [6.07, 6.45) is 1.27. The van der Waals surface area contributed by atoms with Gasteiger partial charge in [-0.05, 0) is 19.3 Å². The Morgan fingerprint density at radius 1 is 1.36 bits per heavy atom. The fourth-order valence-corrected chi connectivity index (χ4v) is 2.00. The molecule has 22 heavy (non-hydrogen) atoms. The molecule has 0 aromatic carbocycles. The van der Waals surface area contributed by atoms with Crippen molar-refractivity contribution in [2.45, 2.75) is 47.1 Å². The molecule has 0 radical (unpaired) electrons. The van der Waals surface area contributed by atoms with Crippen LogP contribution in [-0.2, 0) is 28.6 Å². The average molecular weight is 312 g/mol. The Hall–Kier alpha value is -1.85. The quantitative estimate of drug-likeness (QED) is 0.439. The van der Waals surface area contributed by atoms with Gasteiger partial charge in [-0.3, -0.25) is 4.79 Å². The lowest BCUT2D eigenvalue weighted by molar-refractivity contribution is -0.168. The van der Waals surface area contributed by atoms with Crippen LogP contribution in [0.2, 0.25) is 0 Å². The minimum absolute atomic E-state index is 0.239. The zero-order valence-corrected chi connectivity index (χ0v) is 13.8. The van der Waals surface area contributed by atoms with Crippen molar-refractivity contribution in [3.63, 3.8) is 0 Å². The molecule has 1 rings (SSSR count). The Morgan fingerprint density at radius 3 is 2.45 bits per heavy atom. The van der Waals surface area contributed by atoms with E-state index in [1.807, 2.05) is 40.7 Å². The van der Waals surface area contributed by atoms with Crippen molar-refractivity contribution in [2.24, 2.45) is 11.3 Å². The molecule has 2 unspecified atom stereocenters. The van der Waals surface area contributed by atoms with Crippen LogP contribution < -0.4 is 0 Å². The van der Waals surface area contributed by atoms with Gasteiger partial charge in [0.15, 0.2) is 6.61 Å². The lowest BCUT2D eigenvalue weighted by Gasteiger charge is -2.26. The SMILES string of the molecule is CC(C)=CC(C(=O)OCC(=O)OC1CCOC1=O)C(C)(C)C. The molecule has 1 heterocycles. The van der Waals surface area contributed by atoms with Gasteiger partial charge in [-0.2, -0.15) is 0 Å². The summed E-state index contributed by atoms with van der Waals surface area (Å²) < 4.78 is 14.6. The largest absolute Gasteiger partial charge is 0.463 e. The zero-order valence-electron chi connectivity index (χ0n) is 13.8. The van der Waals surface area contributed by atoms with Crippen molar-refractivity contribution >= 4 is 17.9 Å². The number of esters is 3. The molecule has 0 spiro atoms. The van der Waals surface area contributed by atoms with Crippen LogP contribution >= 0.6 is 0 Å². The van der Waals surface area contributed by atoms with Gasteiger partial charge in [-0.1, -0.05) is 32.4 Å². The highest BCUT2D eigenvalue weighted by atomic mass is 16.6. The number of hydrogen-bond donors (Lipinski definition) is 0. The molecule has 0 aromatic heterocycles. The van der Waals surface area contributed by atoms with Crippen LogP contribution in [-0.4, -0.2) is 37.2 Å². The molecular formula is C16H24O6. The second-order valence-electron chi connectivity index (χ2n) is 6.63. The van der Waals surface area contributed by atoms with Gasteiger partial charge in [0, 0.05) is 6.42 Å². The molecule has 0 bridgehead atoms. The van der Waals surface area contributed by atoms with E-state index in [1.54, 1.807) is 0 Å². The molecule has 124 valence electrons. The van der Waals surface area contributed by atoms with Gasteiger partial charge in [0.2, 0.25) is 6.10 Å². The first-order valence-electron chi connectivity index (χ1n) is 7.29. The third kappa shape index (κ3) is 5.50. The maximum absolute atomic E-state index is 12.2. The summed E-state index contributed by atoms with van der Waals surface area (Å²) in [5.74, 6) is -2.25. The van der Waals surface area contributed by atoms with Crippen LogP contribution in [0.1, 0.15) is 41.0 Å². The van der Waals surface area contributed by atoms with Crippen molar-refractivity contribution in [2.75, 3.05) is 13.2 Å². The predicted molar refractivity (Wildman–Crippen MR) is 78.8 cm³/mol. The van der Waals surface area contributed by atoms with E-state index in [1.165, 1.54) is 0 Å². The first kappa shape index (κ1) is 18.2. The average Bonchev–Trinajstić information content (AvgIpc) is 2.77. The molecule has 2 atom stereocenters. The Balaban J connectivity index is 2.54. The van der Waals surface area contributed by atoms with E-state index < -0.39 is 36.5 Å². The molecule has 0 aromatic rings. The smallest absolute Gasteiger partial charge is 0.347 e. The normalized spacial score (nSPS) is 19.1. The minimum Gasteiger partial charge on any atom is -0.463 e. The summed E-state index contributed by atoms with van der Waals surface area (Å²) in [7, 11) is 0. The number of carbonyl (C=O) groups is 3. The zero-order chi connectivity index (χ0) is 16.9. The molecule has 1 fully saturated rings. The van der Waals surface area contributed by atoms with Gasteiger partial charge in [-0.15, -0.1) is 0 Å². The van der Waals surface area contributed by atoms with Crippen LogP contribution in [0, 0.1) is 11.3 Å². The van der Waals surface area contributed by atoms with Crippen LogP contribution in [0.15, 0.2) is 11.6 Å². The van der Waals surface area contributed by atoms with Crippen molar-refractivity contribution in [1.29, 1.82) is 0 Å². The van der Waals surface area contributed by atoms with Crippen LogP contribution in [0.4, 0.5) is 0 Å². The molecule has 0 amide bonds. The summed E-state index contributed by atoms with van der Waals surface area (Å²) >= 11 is 0. The molecule has 0 saturated carbocycles. The van der Waals surface area contributed by atoms with E-state index >= 15 is 0 Å². The number of hydrogen-bond acceptors (Lipinski definition) is 6. The lowest BCUT2D eigenvalue weighted by atomic mass is 9.80.